The zero-order valence-corrected chi connectivity index (χ0v) is 11.2. The van der Waals surface area contributed by atoms with E-state index in [0.29, 0.717) is 0 Å². The number of rotatable bonds is 2. The van der Waals surface area contributed by atoms with Crippen molar-refractivity contribution in [3.05, 3.63) is 26.6 Å². The Morgan fingerprint density at radius 3 is 2.31 bits per heavy atom. The van der Waals surface area contributed by atoms with Crippen LogP contribution in [0.25, 0.3) is 0 Å². The molecule has 0 fully saturated rings. The Hall–Kier alpha value is 0.01000. The summed E-state index contributed by atoms with van der Waals surface area (Å²) < 4.78 is 62.7. The standard InChI is InChI=1S/C8H4BrF5IN/c9-2-3-1-4(15)16-6(8(12,13)14)5(3)7(10)11/h1,7H,2H2. The lowest BCUT2D eigenvalue weighted by atomic mass is 10.1. The molecule has 0 aromatic carbocycles. The van der Waals surface area contributed by atoms with Crippen molar-refractivity contribution in [3.63, 3.8) is 0 Å². The second-order valence-electron chi connectivity index (χ2n) is 2.80. The van der Waals surface area contributed by atoms with Crippen molar-refractivity contribution >= 4 is 38.5 Å². The summed E-state index contributed by atoms with van der Waals surface area (Å²) in [5.74, 6) is 0. The highest BCUT2D eigenvalue weighted by atomic mass is 127. The number of alkyl halides is 6. The van der Waals surface area contributed by atoms with Crippen LogP contribution in [0.15, 0.2) is 6.07 Å². The summed E-state index contributed by atoms with van der Waals surface area (Å²) in [5, 5.41) is -0.0751. The minimum Gasteiger partial charge on any atom is -0.237 e. The molecule has 1 nitrogen and oxygen atoms in total. The molecule has 90 valence electrons. The molecule has 1 aromatic heterocycles. The molecule has 0 spiro atoms. The quantitative estimate of drug-likeness (QED) is 0.299. The van der Waals surface area contributed by atoms with Gasteiger partial charge < -0.3 is 0 Å². The Morgan fingerprint density at radius 1 is 1.38 bits per heavy atom. The lowest BCUT2D eigenvalue weighted by Gasteiger charge is -2.14. The Bertz CT molecular complexity index is 393. The van der Waals surface area contributed by atoms with E-state index in [-0.39, 0.29) is 14.6 Å². The molecular weight excluding hydrogens is 412 g/mol. The maximum Gasteiger partial charge on any atom is 0.433 e. The zero-order chi connectivity index (χ0) is 12.5. The highest BCUT2D eigenvalue weighted by Crippen LogP contribution is 2.37. The Labute approximate surface area is 110 Å². The molecule has 0 saturated heterocycles. The molecule has 0 N–H and O–H groups in total. The van der Waals surface area contributed by atoms with Crippen LogP contribution >= 0.6 is 38.5 Å². The minimum atomic E-state index is -4.87. The monoisotopic (exact) mass is 415 g/mol. The van der Waals surface area contributed by atoms with Gasteiger partial charge in [0.25, 0.3) is 6.43 Å². The summed E-state index contributed by atoms with van der Waals surface area (Å²) >= 11 is 4.44. The first-order chi connectivity index (χ1) is 7.27. The lowest BCUT2D eigenvalue weighted by molar-refractivity contribution is -0.143. The maximum atomic E-state index is 12.6. The fourth-order valence-electron chi connectivity index (χ4n) is 1.14. The fourth-order valence-corrected chi connectivity index (χ4v) is 2.22. The molecule has 16 heavy (non-hydrogen) atoms. The second kappa shape index (κ2) is 5.11. The topological polar surface area (TPSA) is 12.9 Å². The van der Waals surface area contributed by atoms with Crippen LogP contribution < -0.4 is 0 Å². The van der Waals surface area contributed by atoms with Crippen molar-refractivity contribution in [3.8, 4) is 0 Å². The highest BCUT2D eigenvalue weighted by molar-refractivity contribution is 14.1. The van der Waals surface area contributed by atoms with Crippen molar-refractivity contribution < 1.29 is 22.0 Å². The summed E-state index contributed by atoms with van der Waals surface area (Å²) in [5.41, 5.74) is -2.66. The molecular formula is C8H4BrF5IN. The smallest absolute Gasteiger partial charge is 0.237 e. The van der Waals surface area contributed by atoms with Gasteiger partial charge in [0.05, 0.1) is 5.56 Å². The Balaban J connectivity index is 3.51. The van der Waals surface area contributed by atoms with E-state index in [9.17, 15) is 22.0 Å². The zero-order valence-electron chi connectivity index (χ0n) is 7.45. The third-order valence-corrected chi connectivity index (χ3v) is 2.90. The molecule has 0 unspecified atom stereocenters. The van der Waals surface area contributed by atoms with Crippen LogP contribution in [0.2, 0.25) is 0 Å². The molecule has 0 aliphatic rings. The molecule has 8 heteroatoms. The molecule has 0 atom stereocenters. The summed E-state index contributed by atoms with van der Waals surface area (Å²) in [7, 11) is 0. The van der Waals surface area contributed by atoms with E-state index in [0.717, 1.165) is 0 Å². The van der Waals surface area contributed by atoms with Crippen LogP contribution in [-0.4, -0.2) is 4.98 Å². The van der Waals surface area contributed by atoms with Crippen LogP contribution in [-0.2, 0) is 11.5 Å². The number of halogens is 7. The van der Waals surface area contributed by atoms with Crippen molar-refractivity contribution in [1.29, 1.82) is 0 Å². The van der Waals surface area contributed by atoms with E-state index in [1.54, 1.807) is 22.6 Å². The first-order valence-electron chi connectivity index (χ1n) is 3.88. The van der Waals surface area contributed by atoms with Gasteiger partial charge >= 0.3 is 6.18 Å². The largest absolute Gasteiger partial charge is 0.433 e. The number of hydrogen-bond acceptors (Lipinski definition) is 1. The summed E-state index contributed by atoms with van der Waals surface area (Å²) in [4.78, 5) is 3.14. The van der Waals surface area contributed by atoms with Gasteiger partial charge in [-0.15, -0.1) is 0 Å². The normalized spacial score (nSPS) is 12.2. The maximum absolute atomic E-state index is 12.6. The summed E-state index contributed by atoms with van der Waals surface area (Å²) in [6.45, 7) is 0. The third kappa shape index (κ3) is 3.02. The molecule has 1 rings (SSSR count). The van der Waals surface area contributed by atoms with Gasteiger partial charge in [-0.25, -0.2) is 13.8 Å². The average Bonchev–Trinajstić information content (AvgIpc) is 2.14. The lowest BCUT2D eigenvalue weighted by Crippen LogP contribution is -2.15. The Morgan fingerprint density at radius 2 is 1.94 bits per heavy atom. The summed E-state index contributed by atoms with van der Waals surface area (Å²) in [6.07, 6.45) is -8.07. The molecule has 0 saturated carbocycles. The van der Waals surface area contributed by atoms with E-state index < -0.39 is 23.9 Å². The van der Waals surface area contributed by atoms with Crippen molar-refractivity contribution in [2.24, 2.45) is 0 Å². The van der Waals surface area contributed by atoms with Crippen LogP contribution in [0.3, 0.4) is 0 Å². The molecule has 1 heterocycles. The van der Waals surface area contributed by atoms with E-state index in [1.165, 1.54) is 6.07 Å². The summed E-state index contributed by atoms with van der Waals surface area (Å²) in [6, 6.07) is 1.20. The first kappa shape index (κ1) is 14.1. The predicted octanol–water partition coefficient (Wildman–Crippen LogP) is 4.54. The number of nitrogens with zero attached hydrogens (tertiary/aromatic N) is 1. The van der Waals surface area contributed by atoms with Crippen LogP contribution in [0.5, 0.6) is 0 Å². The molecule has 0 amide bonds. The van der Waals surface area contributed by atoms with Gasteiger partial charge in [-0.2, -0.15) is 13.2 Å². The van der Waals surface area contributed by atoms with E-state index in [4.69, 9.17) is 0 Å². The van der Waals surface area contributed by atoms with E-state index >= 15 is 0 Å². The van der Waals surface area contributed by atoms with E-state index in [1.807, 2.05) is 0 Å². The second-order valence-corrected chi connectivity index (χ2v) is 4.46. The van der Waals surface area contributed by atoms with Crippen LogP contribution in [0.1, 0.15) is 23.2 Å². The Kier molecular flexibility index (Phi) is 4.49. The minimum absolute atomic E-state index is 0.0313. The van der Waals surface area contributed by atoms with Gasteiger partial charge in [0, 0.05) is 5.33 Å². The van der Waals surface area contributed by atoms with Crippen molar-refractivity contribution in [2.45, 2.75) is 17.9 Å². The van der Waals surface area contributed by atoms with E-state index in [2.05, 4.69) is 20.9 Å². The number of hydrogen-bond donors (Lipinski definition) is 0. The SMILES string of the molecule is FC(F)c1c(CBr)cc(I)nc1C(F)(F)F. The van der Waals surface area contributed by atoms with Crippen LogP contribution in [0, 0.1) is 3.70 Å². The highest BCUT2D eigenvalue weighted by Gasteiger charge is 2.39. The van der Waals surface area contributed by atoms with Crippen LogP contribution in [0.4, 0.5) is 22.0 Å². The average molecular weight is 416 g/mol. The molecule has 1 aromatic rings. The first-order valence-corrected chi connectivity index (χ1v) is 6.08. The number of pyridine rings is 1. The number of aromatic nitrogens is 1. The molecule has 0 aliphatic heterocycles. The molecule has 0 aliphatic carbocycles. The van der Waals surface area contributed by atoms with Gasteiger partial charge in [0.15, 0.2) is 5.69 Å². The van der Waals surface area contributed by atoms with Gasteiger partial charge in [0.2, 0.25) is 0 Å². The van der Waals surface area contributed by atoms with Gasteiger partial charge in [-0.1, -0.05) is 15.9 Å². The van der Waals surface area contributed by atoms with Crippen molar-refractivity contribution in [2.75, 3.05) is 0 Å². The van der Waals surface area contributed by atoms with Gasteiger partial charge in [0.1, 0.15) is 3.70 Å². The molecule has 0 radical (unpaired) electrons. The third-order valence-electron chi connectivity index (χ3n) is 1.74. The van der Waals surface area contributed by atoms with Crippen molar-refractivity contribution in [1.82, 2.24) is 4.98 Å². The van der Waals surface area contributed by atoms with Gasteiger partial charge in [-0.05, 0) is 34.2 Å². The fraction of sp³-hybridized carbons (Fsp3) is 0.375. The molecule has 0 bridgehead atoms. The van der Waals surface area contributed by atoms with Gasteiger partial charge in [-0.3, -0.25) is 0 Å². The predicted molar refractivity (Wildman–Crippen MR) is 59.5 cm³/mol.